The molecule has 6 heteroatoms. The van der Waals surface area contributed by atoms with Crippen molar-refractivity contribution in [3.63, 3.8) is 0 Å². The lowest BCUT2D eigenvalue weighted by molar-refractivity contribution is 0.416. The van der Waals surface area contributed by atoms with Gasteiger partial charge in [0, 0.05) is 16.7 Å². The van der Waals surface area contributed by atoms with Crippen LogP contribution in [-0.4, -0.2) is 12.1 Å². The Kier molecular flexibility index (Phi) is 4.40. The van der Waals surface area contributed by atoms with Crippen molar-refractivity contribution in [2.45, 2.75) is 0 Å². The van der Waals surface area contributed by atoms with Gasteiger partial charge in [0.2, 0.25) is 0 Å². The van der Waals surface area contributed by atoms with E-state index in [0.29, 0.717) is 17.1 Å². The number of rotatable bonds is 3. The first-order valence-electron chi connectivity index (χ1n) is 5.30. The zero-order chi connectivity index (χ0) is 13.8. The molecule has 0 amide bonds. The molecule has 1 aromatic heterocycles. The van der Waals surface area contributed by atoms with Crippen molar-refractivity contribution >= 4 is 43.4 Å². The minimum Gasteiger partial charge on any atom is -0.495 e. The maximum atomic E-state index is 8.86. The maximum absolute atomic E-state index is 8.86. The number of aromatic nitrogens is 1. The van der Waals surface area contributed by atoms with Crippen LogP contribution >= 0.6 is 31.9 Å². The second-order valence-electron chi connectivity index (χ2n) is 3.64. The molecule has 4 nitrogen and oxygen atoms in total. The summed E-state index contributed by atoms with van der Waals surface area (Å²) in [6, 6.07) is 9.15. The van der Waals surface area contributed by atoms with Gasteiger partial charge in [-0.1, -0.05) is 0 Å². The summed E-state index contributed by atoms with van der Waals surface area (Å²) >= 11 is 6.78. The van der Waals surface area contributed by atoms with Crippen LogP contribution in [0.3, 0.4) is 0 Å². The van der Waals surface area contributed by atoms with Crippen molar-refractivity contribution < 1.29 is 4.74 Å². The van der Waals surface area contributed by atoms with E-state index < -0.39 is 0 Å². The number of nitrogens with one attached hydrogen (secondary N) is 1. The Bertz CT molecular complexity index is 653. The second-order valence-corrected chi connectivity index (χ2v) is 5.41. The predicted molar refractivity (Wildman–Crippen MR) is 80.6 cm³/mol. The van der Waals surface area contributed by atoms with Gasteiger partial charge >= 0.3 is 0 Å². The molecule has 0 aliphatic carbocycles. The van der Waals surface area contributed by atoms with Crippen molar-refractivity contribution in [2.24, 2.45) is 0 Å². The van der Waals surface area contributed by atoms with E-state index in [1.165, 1.54) is 0 Å². The van der Waals surface area contributed by atoms with Crippen LogP contribution in [0.1, 0.15) is 5.56 Å². The highest BCUT2D eigenvalue weighted by atomic mass is 79.9. The Morgan fingerprint density at radius 3 is 2.74 bits per heavy atom. The average molecular weight is 383 g/mol. The summed E-state index contributed by atoms with van der Waals surface area (Å²) in [7, 11) is 1.56. The highest BCUT2D eigenvalue weighted by molar-refractivity contribution is 9.11. The highest BCUT2D eigenvalue weighted by Gasteiger charge is 2.08. The van der Waals surface area contributed by atoms with Crippen molar-refractivity contribution in [1.82, 2.24) is 4.98 Å². The summed E-state index contributed by atoms with van der Waals surface area (Å²) in [6.07, 6.45) is 1.70. The first-order chi connectivity index (χ1) is 9.13. The van der Waals surface area contributed by atoms with Gasteiger partial charge in [0.1, 0.15) is 11.6 Å². The lowest BCUT2D eigenvalue weighted by Gasteiger charge is -2.12. The van der Waals surface area contributed by atoms with E-state index in [4.69, 9.17) is 10.00 Å². The number of hydrogen-bond donors (Lipinski definition) is 1. The molecule has 0 unspecified atom stereocenters. The molecular formula is C13H9Br2N3O. The topological polar surface area (TPSA) is 57.9 Å². The van der Waals surface area contributed by atoms with Crippen LogP contribution in [0.2, 0.25) is 0 Å². The zero-order valence-electron chi connectivity index (χ0n) is 9.95. The molecule has 19 heavy (non-hydrogen) atoms. The third kappa shape index (κ3) is 3.25. The molecular weight excluding hydrogens is 374 g/mol. The van der Waals surface area contributed by atoms with Crippen LogP contribution in [-0.2, 0) is 0 Å². The molecule has 0 bridgehead atoms. The molecule has 0 radical (unpaired) electrons. The number of hydrogen-bond acceptors (Lipinski definition) is 4. The lowest BCUT2D eigenvalue weighted by Crippen LogP contribution is -1.98. The van der Waals surface area contributed by atoms with Gasteiger partial charge in [0.15, 0.2) is 0 Å². The Morgan fingerprint density at radius 1 is 1.32 bits per heavy atom. The van der Waals surface area contributed by atoms with Gasteiger partial charge in [-0.25, -0.2) is 4.98 Å². The van der Waals surface area contributed by atoms with Gasteiger partial charge in [0.05, 0.1) is 28.9 Å². The fourth-order valence-electron chi connectivity index (χ4n) is 1.50. The zero-order valence-corrected chi connectivity index (χ0v) is 13.1. The maximum Gasteiger partial charge on any atom is 0.144 e. The van der Waals surface area contributed by atoms with Crippen LogP contribution in [0.5, 0.6) is 5.75 Å². The molecule has 0 saturated carbocycles. The smallest absolute Gasteiger partial charge is 0.144 e. The van der Waals surface area contributed by atoms with Crippen LogP contribution in [0.15, 0.2) is 39.4 Å². The molecule has 1 N–H and O–H groups in total. The van der Waals surface area contributed by atoms with E-state index in [0.717, 1.165) is 14.6 Å². The fraction of sp³-hybridized carbons (Fsp3) is 0.0769. The quantitative estimate of drug-likeness (QED) is 0.862. The summed E-state index contributed by atoms with van der Waals surface area (Å²) in [6.45, 7) is 0. The van der Waals surface area contributed by atoms with E-state index in [9.17, 15) is 0 Å². The van der Waals surface area contributed by atoms with Gasteiger partial charge in [0.25, 0.3) is 0 Å². The molecule has 1 aromatic carbocycles. The van der Waals surface area contributed by atoms with Crippen LogP contribution < -0.4 is 10.1 Å². The normalized spacial score (nSPS) is 9.79. The third-order valence-electron chi connectivity index (χ3n) is 2.39. The number of pyridine rings is 1. The lowest BCUT2D eigenvalue weighted by atomic mass is 10.2. The van der Waals surface area contributed by atoms with Gasteiger partial charge in [-0.2, -0.15) is 5.26 Å². The summed E-state index contributed by atoms with van der Waals surface area (Å²) in [5.74, 6) is 1.27. The van der Waals surface area contributed by atoms with Crippen molar-refractivity contribution in [1.29, 1.82) is 5.26 Å². The minimum absolute atomic E-state index is 0.547. The Hall–Kier alpha value is -1.58. The molecule has 0 spiro atoms. The van der Waals surface area contributed by atoms with Crippen molar-refractivity contribution in [2.75, 3.05) is 12.4 Å². The summed E-state index contributed by atoms with van der Waals surface area (Å²) in [5, 5.41) is 12.0. The van der Waals surface area contributed by atoms with Crippen molar-refractivity contribution in [3.8, 4) is 11.8 Å². The van der Waals surface area contributed by atoms with E-state index in [1.807, 2.05) is 6.07 Å². The SMILES string of the molecule is COc1cc(C#N)ccc1Nc1ncc(Br)cc1Br. The number of benzene rings is 1. The number of ether oxygens (including phenoxy) is 1. The minimum atomic E-state index is 0.547. The molecule has 0 aliphatic rings. The standard InChI is InChI=1S/C13H9Br2N3O/c1-19-12-4-8(6-16)2-3-11(12)18-13-10(15)5-9(14)7-17-13/h2-5,7H,1H3,(H,17,18). The highest BCUT2D eigenvalue weighted by Crippen LogP contribution is 2.31. The van der Waals surface area contributed by atoms with Gasteiger partial charge in [-0.15, -0.1) is 0 Å². The van der Waals surface area contributed by atoms with E-state index in [-0.39, 0.29) is 0 Å². The Labute approximate surface area is 127 Å². The summed E-state index contributed by atoms with van der Waals surface area (Å²) in [5.41, 5.74) is 1.29. The Morgan fingerprint density at radius 2 is 2.11 bits per heavy atom. The summed E-state index contributed by atoms with van der Waals surface area (Å²) < 4.78 is 6.97. The van der Waals surface area contributed by atoms with Crippen LogP contribution in [0, 0.1) is 11.3 Å². The number of nitriles is 1. The first kappa shape index (κ1) is 13.8. The molecule has 2 aromatic rings. The van der Waals surface area contributed by atoms with Gasteiger partial charge < -0.3 is 10.1 Å². The average Bonchev–Trinajstić information content (AvgIpc) is 2.42. The molecule has 1 heterocycles. The number of anilines is 2. The van der Waals surface area contributed by atoms with E-state index >= 15 is 0 Å². The number of methoxy groups -OCH3 is 1. The number of nitrogens with zero attached hydrogens (tertiary/aromatic N) is 2. The summed E-state index contributed by atoms with van der Waals surface area (Å²) in [4.78, 5) is 4.27. The molecule has 0 aliphatic heterocycles. The molecule has 0 atom stereocenters. The van der Waals surface area contributed by atoms with Crippen LogP contribution in [0.25, 0.3) is 0 Å². The van der Waals surface area contributed by atoms with Crippen molar-refractivity contribution in [3.05, 3.63) is 45.0 Å². The predicted octanol–water partition coefficient (Wildman–Crippen LogP) is 4.23. The fourth-order valence-corrected chi connectivity index (χ4v) is 2.58. The second kappa shape index (κ2) is 6.04. The molecule has 2 rings (SSSR count). The molecule has 0 fully saturated rings. The van der Waals surface area contributed by atoms with E-state index in [2.05, 4.69) is 48.2 Å². The van der Waals surface area contributed by atoms with E-state index in [1.54, 1.807) is 31.5 Å². The third-order valence-corrected chi connectivity index (χ3v) is 3.43. The van der Waals surface area contributed by atoms with Gasteiger partial charge in [-0.3, -0.25) is 0 Å². The monoisotopic (exact) mass is 381 g/mol. The Balaban J connectivity index is 2.35. The van der Waals surface area contributed by atoms with Crippen LogP contribution in [0.4, 0.5) is 11.5 Å². The first-order valence-corrected chi connectivity index (χ1v) is 6.89. The molecule has 0 saturated heterocycles. The number of halogens is 2. The van der Waals surface area contributed by atoms with Gasteiger partial charge in [-0.05, 0) is 50.1 Å². The largest absolute Gasteiger partial charge is 0.495 e. The molecule has 96 valence electrons.